The van der Waals surface area contributed by atoms with Gasteiger partial charge in [0.25, 0.3) is 6.08 Å². The summed E-state index contributed by atoms with van der Waals surface area (Å²) in [5.74, 6) is -5.40. The second kappa shape index (κ2) is 7.61. The van der Waals surface area contributed by atoms with E-state index in [1.807, 2.05) is 0 Å². The number of carbonyl (C=O) groups excluding carboxylic acids is 1. The van der Waals surface area contributed by atoms with E-state index in [0.29, 0.717) is 0 Å². The largest absolute Gasteiger partial charge is 0.462 e. The molecular weight excluding hydrogens is 288 g/mol. The van der Waals surface area contributed by atoms with Crippen LogP contribution in [0.3, 0.4) is 0 Å². The Balaban J connectivity index is 2.83. The van der Waals surface area contributed by atoms with E-state index in [9.17, 15) is 22.4 Å². The van der Waals surface area contributed by atoms with Crippen LogP contribution in [0.5, 0.6) is 0 Å². The van der Waals surface area contributed by atoms with E-state index in [1.54, 1.807) is 18.2 Å². The second-order valence-electron chi connectivity index (χ2n) is 4.07. The quantitative estimate of drug-likeness (QED) is 0.441. The lowest BCUT2D eigenvalue weighted by Crippen LogP contribution is -2.30. The van der Waals surface area contributed by atoms with E-state index in [4.69, 9.17) is 0 Å². The molecule has 114 valence electrons. The molecule has 0 aliphatic rings. The van der Waals surface area contributed by atoms with Gasteiger partial charge in [-0.2, -0.15) is 17.6 Å². The van der Waals surface area contributed by atoms with Crippen molar-refractivity contribution in [3.63, 3.8) is 0 Å². The standard InChI is InChI=1S/C15H14F4O2/c1-2-21-14(20)15(18,19)10-6-9-12(13(16)17)11-7-4-3-5-8-11/h3-9H,2,10H2,1H3/b9-6+. The van der Waals surface area contributed by atoms with Gasteiger partial charge in [0.1, 0.15) is 0 Å². The first kappa shape index (κ1) is 16.9. The molecule has 0 heterocycles. The smallest absolute Gasteiger partial charge is 0.377 e. The number of alkyl halides is 2. The molecule has 0 N–H and O–H groups in total. The Morgan fingerprint density at radius 2 is 1.86 bits per heavy atom. The van der Waals surface area contributed by atoms with Crippen LogP contribution in [0.1, 0.15) is 18.9 Å². The highest BCUT2D eigenvalue weighted by Crippen LogP contribution is 2.25. The maximum Gasteiger partial charge on any atom is 0.377 e. The summed E-state index contributed by atoms with van der Waals surface area (Å²) in [4.78, 5) is 11.0. The Labute approximate surface area is 119 Å². The van der Waals surface area contributed by atoms with Crippen LogP contribution in [0.15, 0.2) is 48.6 Å². The van der Waals surface area contributed by atoms with Crippen molar-refractivity contribution in [3.05, 3.63) is 54.1 Å². The summed E-state index contributed by atoms with van der Waals surface area (Å²) in [6.07, 6.45) is -1.29. The van der Waals surface area contributed by atoms with Gasteiger partial charge in [-0.1, -0.05) is 42.5 Å². The van der Waals surface area contributed by atoms with E-state index in [0.717, 1.165) is 12.2 Å². The Hall–Kier alpha value is -2.11. The van der Waals surface area contributed by atoms with Gasteiger partial charge in [0, 0.05) is 12.0 Å². The molecule has 0 saturated heterocycles. The predicted molar refractivity (Wildman–Crippen MR) is 70.9 cm³/mol. The maximum atomic E-state index is 13.3. The van der Waals surface area contributed by atoms with Crippen molar-refractivity contribution in [2.24, 2.45) is 0 Å². The van der Waals surface area contributed by atoms with Crippen LogP contribution in [-0.4, -0.2) is 18.5 Å². The van der Waals surface area contributed by atoms with Gasteiger partial charge < -0.3 is 4.74 Å². The molecule has 0 amide bonds. The molecular formula is C15H14F4O2. The summed E-state index contributed by atoms with van der Waals surface area (Å²) in [5, 5.41) is 0. The topological polar surface area (TPSA) is 26.3 Å². The van der Waals surface area contributed by atoms with Gasteiger partial charge in [0.2, 0.25) is 0 Å². The van der Waals surface area contributed by atoms with Gasteiger partial charge in [0.15, 0.2) is 0 Å². The summed E-state index contributed by atoms with van der Waals surface area (Å²) in [6, 6.07) is 7.62. The van der Waals surface area contributed by atoms with Crippen molar-refractivity contribution in [3.8, 4) is 0 Å². The predicted octanol–water partition coefficient (Wildman–Crippen LogP) is 4.44. The van der Waals surface area contributed by atoms with E-state index >= 15 is 0 Å². The highest BCUT2D eigenvalue weighted by Gasteiger charge is 2.39. The van der Waals surface area contributed by atoms with Crippen molar-refractivity contribution in [1.29, 1.82) is 0 Å². The number of hydrogen-bond acceptors (Lipinski definition) is 2. The van der Waals surface area contributed by atoms with Crippen molar-refractivity contribution >= 4 is 11.5 Å². The van der Waals surface area contributed by atoms with Crippen LogP contribution in [0.4, 0.5) is 17.6 Å². The Morgan fingerprint density at radius 1 is 1.24 bits per heavy atom. The average Bonchev–Trinajstić information content (AvgIpc) is 2.44. The molecule has 0 saturated carbocycles. The molecule has 0 fully saturated rings. The maximum absolute atomic E-state index is 13.3. The van der Waals surface area contributed by atoms with Gasteiger partial charge in [-0.25, -0.2) is 4.79 Å². The first-order valence-corrected chi connectivity index (χ1v) is 6.20. The van der Waals surface area contributed by atoms with E-state index in [-0.39, 0.29) is 12.2 Å². The minimum Gasteiger partial charge on any atom is -0.462 e. The molecule has 6 heteroatoms. The zero-order chi connectivity index (χ0) is 15.9. The molecule has 2 nitrogen and oxygen atoms in total. The molecule has 1 aromatic carbocycles. The Morgan fingerprint density at radius 3 is 2.38 bits per heavy atom. The minimum atomic E-state index is -3.74. The third kappa shape index (κ3) is 5.06. The zero-order valence-electron chi connectivity index (χ0n) is 11.3. The number of benzene rings is 1. The van der Waals surface area contributed by atoms with Gasteiger partial charge in [0.05, 0.1) is 6.61 Å². The van der Waals surface area contributed by atoms with Crippen molar-refractivity contribution < 1.29 is 27.1 Å². The molecule has 0 bridgehead atoms. The van der Waals surface area contributed by atoms with Crippen LogP contribution in [0.25, 0.3) is 5.57 Å². The minimum absolute atomic E-state index is 0.174. The van der Waals surface area contributed by atoms with Gasteiger partial charge in [-0.05, 0) is 12.5 Å². The molecule has 21 heavy (non-hydrogen) atoms. The molecule has 1 rings (SSSR count). The number of ether oxygens (including phenoxy) is 1. The molecule has 0 spiro atoms. The number of halogens is 4. The highest BCUT2D eigenvalue weighted by molar-refractivity contribution is 5.78. The van der Waals surface area contributed by atoms with Crippen LogP contribution >= 0.6 is 0 Å². The molecule has 0 aliphatic carbocycles. The highest BCUT2D eigenvalue weighted by atomic mass is 19.3. The zero-order valence-corrected chi connectivity index (χ0v) is 11.3. The summed E-state index contributed by atoms with van der Waals surface area (Å²) < 4.78 is 56.5. The number of esters is 1. The van der Waals surface area contributed by atoms with Crippen LogP contribution < -0.4 is 0 Å². The average molecular weight is 302 g/mol. The van der Waals surface area contributed by atoms with Crippen molar-refractivity contribution in [2.45, 2.75) is 19.3 Å². The van der Waals surface area contributed by atoms with Crippen LogP contribution in [0, 0.1) is 0 Å². The third-order valence-corrected chi connectivity index (χ3v) is 2.52. The van der Waals surface area contributed by atoms with Gasteiger partial charge >= 0.3 is 11.9 Å². The number of carbonyl (C=O) groups is 1. The fourth-order valence-electron chi connectivity index (χ4n) is 1.53. The summed E-state index contributed by atoms with van der Waals surface area (Å²) in [6.45, 7) is 1.23. The van der Waals surface area contributed by atoms with Gasteiger partial charge in [-0.15, -0.1) is 0 Å². The van der Waals surface area contributed by atoms with Crippen molar-refractivity contribution in [1.82, 2.24) is 0 Å². The molecule has 0 radical (unpaired) electrons. The molecule has 1 aromatic rings. The number of allylic oxidation sites excluding steroid dienone is 3. The summed E-state index contributed by atoms with van der Waals surface area (Å²) >= 11 is 0. The Kier molecular flexibility index (Phi) is 6.14. The molecule has 0 atom stereocenters. The summed E-state index contributed by atoms with van der Waals surface area (Å²) in [5.41, 5.74) is -0.261. The molecule has 0 aliphatic heterocycles. The fourth-order valence-corrected chi connectivity index (χ4v) is 1.53. The number of rotatable bonds is 6. The molecule has 0 aromatic heterocycles. The number of hydrogen-bond donors (Lipinski definition) is 0. The van der Waals surface area contributed by atoms with E-state index < -0.39 is 30.0 Å². The lowest BCUT2D eigenvalue weighted by Gasteiger charge is -2.12. The first-order valence-electron chi connectivity index (χ1n) is 6.20. The lowest BCUT2D eigenvalue weighted by atomic mass is 10.1. The summed E-state index contributed by atoms with van der Waals surface area (Å²) in [7, 11) is 0. The normalized spacial score (nSPS) is 11.5. The second-order valence-corrected chi connectivity index (χ2v) is 4.07. The van der Waals surface area contributed by atoms with Crippen molar-refractivity contribution in [2.75, 3.05) is 6.61 Å². The van der Waals surface area contributed by atoms with E-state index in [2.05, 4.69) is 4.74 Å². The van der Waals surface area contributed by atoms with Crippen LogP contribution in [-0.2, 0) is 9.53 Å². The lowest BCUT2D eigenvalue weighted by molar-refractivity contribution is -0.170. The third-order valence-electron chi connectivity index (χ3n) is 2.52. The molecule has 0 unspecified atom stereocenters. The SMILES string of the molecule is CCOC(=O)C(F)(F)C/C=C/C(=C(F)F)c1ccccc1. The monoisotopic (exact) mass is 302 g/mol. The Bertz CT molecular complexity index is 532. The van der Waals surface area contributed by atoms with E-state index in [1.165, 1.54) is 19.1 Å². The fraction of sp³-hybridized carbons (Fsp3) is 0.267. The van der Waals surface area contributed by atoms with Gasteiger partial charge in [-0.3, -0.25) is 0 Å². The first-order chi connectivity index (χ1) is 9.88. The van der Waals surface area contributed by atoms with Crippen LogP contribution in [0.2, 0.25) is 0 Å².